The molecule has 0 aliphatic heterocycles. The van der Waals surface area contributed by atoms with Gasteiger partial charge in [-0.15, -0.1) is 0 Å². The highest BCUT2D eigenvalue weighted by Gasteiger charge is 2.35. The molecule has 1 aliphatic carbocycles. The Labute approximate surface area is 129 Å². The second-order valence-electron chi connectivity index (χ2n) is 5.31. The molecule has 22 heavy (non-hydrogen) atoms. The van der Waals surface area contributed by atoms with E-state index in [-0.39, 0.29) is 24.5 Å². The molecule has 1 fully saturated rings. The van der Waals surface area contributed by atoms with Gasteiger partial charge in [0, 0.05) is 18.3 Å². The molecule has 0 unspecified atom stereocenters. The Kier molecular flexibility index (Phi) is 5.32. The van der Waals surface area contributed by atoms with Crippen molar-refractivity contribution in [2.75, 3.05) is 20.2 Å². The Morgan fingerprint density at radius 3 is 2.82 bits per heavy atom. The topological polar surface area (TPSA) is 91.8 Å². The Morgan fingerprint density at radius 1 is 1.50 bits per heavy atom. The molecule has 0 bridgehead atoms. The summed E-state index contributed by atoms with van der Waals surface area (Å²) < 4.78 is 5.07. The van der Waals surface area contributed by atoms with E-state index in [1.54, 1.807) is 18.3 Å². The third kappa shape index (κ3) is 3.73. The van der Waals surface area contributed by atoms with Crippen LogP contribution in [0.5, 0.6) is 5.88 Å². The number of ether oxygens (including phenoxy) is 1. The highest BCUT2D eigenvalue weighted by atomic mass is 16.5. The van der Waals surface area contributed by atoms with Crippen molar-refractivity contribution < 1.29 is 19.4 Å². The van der Waals surface area contributed by atoms with Gasteiger partial charge in [-0.05, 0) is 31.5 Å². The van der Waals surface area contributed by atoms with Gasteiger partial charge in [-0.25, -0.2) is 4.98 Å². The van der Waals surface area contributed by atoms with E-state index in [1.165, 1.54) is 7.11 Å². The number of hydrogen-bond acceptors (Lipinski definition) is 5. The molecule has 0 saturated heterocycles. The lowest BCUT2D eigenvalue weighted by molar-refractivity contribution is -0.139. The number of methoxy groups -OCH3 is 1. The zero-order chi connectivity index (χ0) is 16.1. The predicted octanol–water partition coefficient (Wildman–Crippen LogP) is 0.757. The van der Waals surface area contributed by atoms with Gasteiger partial charge < -0.3 is 15.2 Å². The van der Waals surface area contributed by atoms with Crippen molar-refractivity contribution in [1.82, 2.24) is 15.2 Å². The predicted molar refractivity (Wildman–Crippen MR) is 79.9 cm³/mol. The zero-order valence-corrected chi connectivity index (χ0v) is 12.8. The summed E-state index contributed by atoms with van der Waals surface area (Å²) in [6, 6.07) is 3.62. The summed E-state index contributed by atoms with van der Waals surface area (Å²) in [5, 5.41) is 11.8. The lowest BCUT2D eigenvalue weighted by Gasteiger charge is -2.42. The number of pyridine rings is 1. The molecule has 1 aliphatic rings. The second-order valence-corrected chi connectivity index (χ2v) is 5.31. The standard InChI is InChI=1S/C15H21N3O4/c1-3-18(9-13(19)20)11-7-10(8-11)17-14(21)12-5-4-6-16-15(12)22-2/h4-6,10-11H,3,7-9H2,1-2H3,(H,17,21)(H,19,20). The van der Waals surface area contributed by atoms with E-state index in [0.717, 1.165) is 12.8 Å². The number of rotatable bonds is 7. The quantitative estimate of drug-likeness (QED) is 0.772. The summed E-state index contributed by atoms with van der Waals surface area (Å²) in [6.45, 7) is 2.67. The molecule has 7 nitrogen and oxygen atoms in total. The average molecular weight is 307 g/mol. The van der Waals surface area contributed by atoms with E-state index in [4.69, 9.17) is 9.84 Å². The molecule has 1 heterocycles. The van der Waals surface area contributed by atoms with Crippen LogP contribution in [-0.2, 0) is 4.79 Å². The summed E-state index contributed by atoms with van der Waals surface area (Å²) in [5.74, 6) is -0.735. The minimum absolute atomic E-state index is 0.0399. The SMILES string of the molecule is CCN(CC(=O)O)C1CC(NC(=O)c2cccnc2OC)C1. The molecular formula is C15H21N3O4. The number of carboxylic acids is 1. The van der Waals surface area contributed by atoms with Crippen molar-refractivity contribution in [3.8, 4) is 5.88 Å². The molecule has 0 atom stereocenters. The van der Waals surface area contributed by atoms with Crippen molar-refractivity contribution in [2.24, 2.45) is 0 Å². The summed E-state index contributed by atoms with van der Waals surface area (Å²) in [7, 11) is 1.48. The molecule has 2 N–H and O–H groups in total. The van der Waals surface area contributed by atoms with Gasteiger partial charge in [-0.2, -0.15) is 0 Å². The fraction of sp³-hybridized carbons (Fsp3) is 0.533. The molecule has 1 aromatic heterocycles. The number of hydrogen-bond donors (Lipinski definition) is 2. The number of aliphatic carboxylic acids is 1. The largest absolute Gasteiger partial charge is 0.480 e. The number of carboxylic acid groups (broad SMARTS) is 1. The van der Waals surface area contributed by atoms with Crippen LogP contribution in [0.1, 0.15) is 30.1 Å². The lowest BCUT2D eigenvalue weighted by atomic mass is 9.85. The minimum atomic E-state index is -0.825. The summed E-state index contributed by atoms with van der Waals surface area (Å²) >= 11 is 0. The Hall–Kier alpha value is -2.15. The number of nitrogens with one attached hydrogen (secondary N) is 1. The third-order valence-electron chi connectivity index (χ3n) is 3.92. The van der Waals surface area contributed by atoms with Gasteiger partial charge in [-0.3, -0.25) is 14.5 Å². The van der Waals surface area contributed by atoms with Crippen molar-refractivity contribution in [1.29, 1.82) is 0 Å². The summed E-state index contributed by atoms with van der Waals surface area (Å²) in [5.41, 5.74) is 0.409. The molecule has 120 valence electrons. The fourth-order valence-corrected chi connectivity index (χ4v) is 2.67. The maximum Gasteiger partial charge on any atom is 0.317 e. The number of aromatic nitrogens is 1. The second kappa shape index (κ2) is 7.22. The first-order valence-corrected chi connectivity index (χ1v) is 7.30. The molecule has 1 aromatic rings. The van der Waals surface area contributed by atoms with Crippen LogP contribution < -0.4 is 10.1 Å². The Bertz CT molecular complexity index is 543. The van der Waals surface area contributed by atoms with Crippen molar-refractivity contribution in [3.05, 3.63) is 23.9 Å². The van der Waals surface area contributed by atoms with E-state index in [1.807, 2.05) is 11.8 Å². The highest BCUT2D eigenvalue weighted by Crippen LogP contribution is 2.26. The maximum absolute atomic E-state index is 12.2. The Balaban J connectivity index is 1.87. The minimum Gasteiger partial charge on any atom is -0.480 e. The van der Waals surface area contributed by atoms with Crippen LogP contribution in [0.15, 0.2) is 18.3 Å². The van der Waals surface area contributed by atoms with Crippen molar-refractivity contribution in [2.45, 2.75) is 31.8 Å². The molecular weight excluding hydrogens is 286 g/mol. The van der Waals surface area contributed by atoms with Crippen LogP contribution >= 0.6 is 0 Å². The van der Waals surface area contributed by atoms with Gasteiger partial charge in [-0.1, -0.05) is 6.92 Å². The van der Waals surface area contributed by atoms with Crippen LogP contribution in [0.25, 0.3) is 0 Å². The maximum atomic E-state index is 12.2. The first kappa shape index (κ1) is 16.2. The molecule has 0 spiro atoms. The number of carbonyl (C=O) groups is 2. The van der Waals surface area contributed by atoms with Gasteiger partial charge in [0.25, 0.3) is 5.91 Å². The van der Waals surface area contributed by atoms with Crippen molar-refractivity contribution in [3.63, 3.8) is 0 Å². The number of nitrogens with zero attached hydrogens (tertiary/aromatic N) is 2. The van der Waals surface area contributed by atoms with E-state index in [0.29, 0.717) is 18.0 Å². The van der Waals surface area contributed by atoms with Gasteiger partial charge >= 0.3 is 5.97 Å². The molecule has 1 amide bonds. The van der Waals surface area contributed by atoms with Crippen LogP contribution in [0.3, 0.4) is 0 Å². The number of carbonyl (C=O) groups excluding carboxylic acids is 1. The van der Waals surface area contributed by atoms with Crippen LogP contribution in [0, 0.1) is 0 Å². The van der Waals surface area contributed by atoms with Crippen LogP contribution in [-0.4, -0.2) is 59.1 Å². The van der Waals surface area contributed by atoms with E-state index in [9.17, 15) is 9.59 Å². The van der Waals surface area contributed by atoms with Gasteiger partial charge in [0.15, 0.2) is 0 Å². The highest BCUT2D eigenvalue weighted by molar-refractivity contribution is 5.96. The van der Waals surface area contributed by atoms with Gasteiger partial charge in [0.2, 0.25) is 5.88 Å². The van der Waals surface area contributed by atoms with E-state index in [2.05, 4.69) is 10.3 Å². The van der Waals surface area contributed by atoms with Crippen LogP contribution in [0.2, 0.25) is 0 Å². The normalized spacial score (nSPS) is 20.3. The summed E-state index contributed by atoms with van der Waals surface area (Å²) in [6.07, 6.45) is 3.09. The average Bonchev–Trinajstić information content (AvgIpc) is 2.48. The monoisotopic (exact) mass is 307 g/mol. The summed E-state index contributed by atoms with van der Waals surface area (Å²) in [4.78, 5) is 28.9. The fourth-order valence-electron chi connectivity index (χ4n) is 2.67. The first-order valence-electron chi connectivity index (χ1n) is 7.30. The molecule has 0 radical (unpaired) electrons. The molecule has 2 rings (SSSR count). The molecule has 1 saturated carbocycles. The van der Waals surface area contributed by atoms with Crippen LogP contribution in [0.4, 0.5) is 0 Å². The zero-order valence-electron chi connectivity index (χ0n) is 12.8. The van der Waals surface area contributed by atoms with Gasteiger partial charge in [0.1, 0.15) is 5.56 Å². The smallest absolute Gasteiger partial charge is 0.317 e. The van der Waals surface area contributed by atoms with Gasteiger partial charge in [0.05, 0.1) is 13.7 Å². The first-order chi connectivity index (χ1) is 10.5. The Morgan fingerprint density at radius 2 is 2.23 bits per heavy atom. The van der Waals surface area contributed by atoms with E-state index < -0.39 is 5.97 Å². The third-order valence-corrected chi connectivity index (χ3v) is 3.92. The molecule has 0 aromatic carbocycles. The lowest BCUT2D eigenvalue weighted by Crippen LogP contribution is -2.54. The van der Waals surface area contributed by atoms with Crippen molar-refractivity contribution >= 4 is 11.9 Å². The van der Waals surface area contributed by atoms with E-state index >= 15 is 0 Å². The molecule has 7 heteroatoms. The number of likely N-dealkylation sites (N-methyl/N-ethyl adjacent to an activating group) is 1. The number of amides is 1.